The van der Waals surface area contributed by atoms with Crippen molar-refractivity contribution in [1.82, 2.24) is 15.0 Å². The molecule has 0 bridgehead atoms. The van der Waals surface area contributed by atoms with Crippen molar-refractivity contribution in [1.29, 1.82) is 0 Å². The molecule has 2 N–H and O–H groups in total. The van der Waals surface area contributed by atoms with Gasteiger partial charge in [-0.25, -0.2) is 9.97 Å². The summed E-state index contributed by atoms with van der Waals surface area (Å²) < 4.78 is 0. The second kappa shape index (κ2) is 3.80. The molecule has 86 valence electrons. The molecule has 4 heteroatoms. The fourth-order valence-corrected chi connectivity index (χ4v) is 1.92. The monoisotopic (exact) mass is 226 g/mol. The van der Waals surface area contributed by atoms with Crippen molar-refractivity contribution >= 4 is 5.82 Å². The van der Waals surface area contributed by atoms with Crippen LogP contribution in [0, 0.1) is 6.92 Å². The first kappa shape index (κ1) is 10.2. The van der Waals surface area contributed by atoms with Crippen LogP contribution in [0.5, 0.6) is 0 Å². The molecule has 1 saturated carbocycles. The average Bonchev–Trinajstić information content (AvgIpc) is 3.12. The summed E-state index contributed by atoms with van der Waals surface area (Å²) in [6.07, 6.45) is 6.00. The molecule has 1 aliphatic rings. The van der Waals surface area contributed by atoms with Crippen molar-refractivity contribution in [2.45, 2.75) is 25.7 Å². The number of hydrogen-bond donors (Lipinski definition) is 1. The Morgan fingerprint density at radius 2 is 2.12 bits per heavy atom. The van der Waals surface area contributed by atoms with Gasteiger partial charge >= 0.3 is 0 Å². The summed E-state index contributed by atoms with van der Waals surface area (Å²) in [4.78, 5) is 13.0. The normalized spacial score (nSPS) is 14.9. The molecule has 0 aliphatic heterocycles. The molecule has 4 nitrogen and oxygen atoms in total. The lowest BCUT2D eigenvalue weighted by molar-refractivity contribution is 0.996. The van der Waals surface area contributed by atoms with Crippen LogP contribution in [-0.4, -0.2) is 15.0 Å². The quantitative estimate of drug-likeness (QED) is 0.853. The van der Waals surface area contributed by atoms with Crippen molar-refractivity contribution in [3.05, 3.63) is 35.8 Å². The van der Waals surface area contributed by atoms with Crippen LogP contribution in [0.25, 0.3) is 11.4 Å². The lowest BCUT2D eigenvalue weighted by Crippen LogP contribution is -2.00. The smallest absolute Gasteiger partial charge is 0.162 e. The molecule has 17 heavy (non-hydrogen) atoms. The van der Waals surface area contributed by atoms with E-state index in [1.165, 1.54) is 12.8 Å². The van der Waals surface area contributed by atoms with Crippen LogP contribution in [0.2, 0.25) is 0 Å². The third-order valence-corrected chi connectivity index (χ3v) is 3.02. The number of hydrogen-bond acceptors (Lipinski definition) is 4. The third kappa shape index (κ3) is 1.98. The molecule has 2 heterocycles. The highest BCUT2D eigenvalue weighted by Crippen LogP contribution is 2.40. The number of anilines is 1. The topological polar surface area (TPSA) is 64.7 Å². The van der Waals surface area contributed by atoms with E-state index in [1.807, 2.05) is 25.3 Å². The molecule has 0 spiro atoms. The second-order valence-electron chi connectivity index (χ2n) is 4.51. The van der Waals surface area contributed by atoms with Gasteiger partial charge in [0.1, 0.15) is 5.82 Å². The van der Waals surface area contributed by atoms with Gasteiger partial charge in [-0.2, -0.15) is 0 Å². The zero-order valence-corrected chi connectivity index (χ0v) is 9.72. The van der Waals surface area contributed by atoms with Crippen LogP contribution in [-0.2, 0) is 0 Å². The molecule has 2 aromatic rings. The number of aryl methyl sites for hydroxylation is 1. The van der Waals surface area contributed by atoms with Crippen molar-refractivity contribution in [2.75, 3.05) is 5.73 Å². The number of pyridine rings is 1. The van der Waals surface area contributed by atoms with Gasteiger partial charge in [-0.15, -0.1) is 0 Å². The first-order valence-corrected chi connectivity index (χ1v) is 5.79. The van der Waals surface area contributed by atoms with Gasteiger partial charge in [0, 0.05) is 35.6 Å². The Morgan fingerprint density at radius 3 is 2.82 bits per heavy atom. The molecule has 0 atom stereocenters. The summed E-state index contributed by atoms with van der Waals surface area (Å²) >= 11 is 0. The number of nitrogen functional groups attached to an aromatic ring is 1. The van der Waals surface area contributed by atoms with Crippen molar-refractivity contribution in [3.63, 3.8) is 0 Å². The lowest BCUT2D eigenvalue weighted by Gasteiger charge is -2.06. The van der Waals surface area contributed by atoms with Gasteiger partial charge in [0.2, 0.25) is 0 Å². The first-order chi connectivity index (χ1) is 8.24. The molecular formula is C13H14N4. The van der Waals surface area contributed by atoms with Crippen LogP contribution >= 0.6 is 0 Å². The molecule has 0 amide bonds. The number of rotatable bonds is 2. The van der Waals surface area contributed by atoms with Gasteiger partial charge in [0.25, 0.3) is 0 Å². The summed E-state index contributed by atoms with van der Waals surface area (Å²) in [5, 5.41) is 0. The summed E-state index contributed by atoms with van der Waals surface area (Å²) in [6.45, 7) is 2.01. The van der Waals surface area contributed by atoms with Gasteiger partial charge < -0.3 is 5.73 Å². The summed E-state index contributed by atoms with van der Waals surface area (Å²) in [5.41, 5.74) is 9.00. The molecule has 0 saturated heterocycles. The molecule has 1 fully saturated rings. The number of aromatic nitrogens is 3. The standard InChI is InChI=1S/C13H14N4/c1-8-7-15-5-4-10(8)13-16-11(9-2-3-9)6-12(14)17-13/h4-7,9H,2-3H2,1H3,(H2,14,16,17). The van der Waals surface area contributed by atoms with Crippen molar-refractivity contribution in [2.24, 2.45) is 0 Å². The molecular weight excluding hydrogens is 212 g/mol. The Labute approximate surface area is 99.9 Å². The molecule has 0 radical (unpaired) electrons. The van der Waals surface area contributed by atoms with Crippen molar-refractivity contribution < 1.29 is 0 Å². The minimum Gasteiger partial charge on any atom is -0.384 e. The third-order valence-electron chi connectivity index (χ3n) is 3.02. The Morgan fingerprint density at radius 1 is 1.29 bits per heavy atom. The zero-order chi connectivity index (χ0) is 11.8. The van der Waals surface area contributed by atoms with E-state index in [4.69, 9.17) is 5.73 Å². The maximum Gasteiger partial charge on any atom is 0.162 e. The predicted molar refractivity (Wildman–Crippen MR) is 66.4 cm³/mol. The van der Waals surface area contributed by atoms with Gasteiger partial charge in [0.05, 0.1) is 0 Å². The highest BCUT2D eigenvalue weighted by molar-refractivity contribution is 5.60. The molecule has 1 aliphatic carbocycles. The second-order valence-corrected chi connectivity index (χ2v) is 4.51. The van der Waals surface area contributed by atoms with E-state index in [0.29, 0.717) is 17.6 Å². The average molecular weight is 226 g/mol. The maximum atomic E-state index is 5.85. The first-order valence-electron chi connectivity index (χ1n) is 5.79. The van der Waals surface area contributed by atoms with Crippen LogP contribution in [0.4, 0.5) is 5.82 Å². The Bertz CT molecular complexity index is 561. The summed E-state index contributed by atoms with van der Waals surface area (Å²) in [6, 6.07) is 3.82. The Balaban J connectivity index is 2.11. The van der Waals surface area contributed by atoms with E-state index in [2.05, 4.69) is 15.0 Å². The SMILES string of the molecule is Cc1cnccc1-c1nc(N)cc(C2CC2)n1. The fourth-order valence-electron chi connectivity index (χ4n) is 1.92. The van der Waals surface area contributed by atoms with Crippen LogP contribution in [0.1, 0.15) is 30.0 Å². The predicted octanol–water partition coefficient (Wildman–Crippen LogP) is 2.31. The van der Waals surface area contributed by atoms with Gasteiger partial charge in [-0.3, -0.25) is 4.98 Å². The fraction of sp³-hybridized carbons (Fsp3) is 0.308. The Hall–Kier alpha value is -1.97. The molecule has 0 aromatic carbocycles. The molecule has 2 aromatic heterocycles. The number of nitrogens with two attached hydrogens (primary N) is 1. The minimum atomic E-state index is 0.549. The Kier molecular flexibility index (Phi) is 2.28. The van der Waals surface area contributed by atoms with Crippen LogP contribution < -0.4 is 5.73 Å². The van der Waals surface area contributed by atoms with E-state index < -0.39 is 0 Å². The van der Waals surface area contributed by atoms with E-state index in [-0.39, 0.29) is 0 Å². The lowest BCUT2D eigenvalue weighted by atomic mass is 10.1. The number of nitrogens with zero attached hydrogens (tertiary/aromatic N) is 3. The summed E-state index contributed by atoms with van der Waals surface area (Å²) in [5.74, 6) is 1.85. The van der Waals surface area contributed by atoms with E-state index in [0.717, 1.165) is 16.8 Å². The maximum absolute atomic E-state index is 5.85. The zero-order valence-electron chi connectivity index (χ0n) is 9.72. The van der Waals surface area contributed by atoms with Gasteiger partial charge in [-0.05, 0) is 31.4 Å². The van der Waals surface area contributed by atoms with E-state index in [9.17, 15) is 0 Å². The van der Waals surface area contributed by atoms with Crippen LogP contribution in [0.3, 0.4) is 0 Å². The minimum absolute atomic E-state index is 0.549. The molecule has 3 rings (SSSR count). The van der Waals surface area contributed by atoms with Crippen molar-refractivity contribution in [3.8, 4) is 11.4 Å². The van der Waals surface area contributed by atoms with Gasteiger partial charge in [0.15, 0.2) is 5.82 Å². The largest absolute Gasteiger partial charge is 0.384 e. The highest BCUT2D eigenvalue weighted by atomic mass is 15.0. The molecule has 0 unspecified atom stereocenters. The van der Waals surface area contributed by atoms with E-state index in [1.54, 1.807) is 6.20 Å². The van der Waals surface area contributed by atoms with Crippen LogP contribution in [0.15, 0.2) is 24.5 Å². The van der Waals surface area contributed by atoms with E-state index >= 15 is 0 Å². The highest BCUT2D eigenvalue weighted by Gasteiger charge is 2.26. The van der Waals surface area contributed by atoms with Gasteiger partial charge in [-0.1, -0.05) is 0 Å². The summed E-state index contributed by atoms with van der Waals surface area (Å²) in [7, 11) is 0.